The Morgan fingerprint density at radius 3 is 2.50 bits per heavy atom. The van der Waals surface area contributed by atoms with Crippen molar-refractivity contribution in [3.05, 3.63) is 23.0 Å². The molecule has 1 aromatic rings. The summed E-state index contributed by atoms with van der Waals surface area (Å²) in [7, 11) is 1.67. The summed E-state index contributed by atoms with van der Waals surface area (Å²) in [6.45, 7) is 8.33. The van der Waals surface area contributed by atoms with Crippen LogP contribution in [0.4, 0.5) is 0 Å². The van der Waals surface area contributed by atoms with Gasteiger partial charge in [-0.05, 0) is 32.6 Å². The normalized spacial score (nSPS) is 12.8. The minimum absolute atomic E-state index is 0.314. The SMILES string of the molecule is COc1c(C)cnc(CC(O)CCC(C)C)c1C. The lowest BCUT2D eigenvalue weighted by molar-refractivity contribution is 0.155. The summed E-state index contributed by atoms with van der Waals surface area (Å²) in [5, 5.41) is 10.0. The van der Waals surface area contributed by atoms with Crippen LogP contribution >= 0.6 is 0 Å². The second-order valence-corrected chi connectivity index (χ2v) is 5.38. The summed E-state index contributed by atoms with van der Waals surface area (Å²) in [6, 6.07) is 0. The maximum Gasteiger partial charge on any atom is 0.128 e. The molecule has 0 aliphatic carbocycles. The van der Waals surface area contributed by atoms with Gasteiger partial charge in [-0.15, -0.1) is 0 Å². The Hall–Kier alpha value is -1.09. The fourth-order valence-electron chi connectivity index (χ4n) is 2.13. The maximum atomic E-state index is 10.0. The van der Waals surface area contributed by atoms with Crippen LogP contribution in [-0.4, -0.2) is 23.3 Å². The molecule has 3 nitrogen and oxygen atoms in total. The van der Waals surface area contributed by atoms with Crippen LogP contribution in [0.2, 0.25) is 0 Å². The van der Waals surface area contributed by atoms with E-state index in [4.69, 9.17) is 4.74 Å². The summed E-state index contributed by atoms with van der Waals surface area (Å²) in [4.78, 5) is 4.41. The van der Waals surface area contributed by atoms with E-state index in [1.54, 1.807) is 7.11 Å². The van der Waals surface area contributed by atoms with Crippen molar-refractivity contribution in [3.63, 3.8) is 0 Å². The van der Waals surface area contributed by atoms with Gasteiger partial charge in [-0.2, -0.15) is 0 Å². The zero-order valence-corrected chi connectivity index (χ0v) is 12.2. The third-order valence-corrected chi connectivity index (χ3v) is 3.26. The molecule has 0 bridgehead atoms. The van der Waals surface area contributed by atoms with E-state index in [1.807, 2.05) is 20.0 Å². The summed E-state index contributed by atoms with van der Waals surface area (Å²) in [5.41, 5.74) is 3.02. The highest BCUT2D eigenvalue weighted by Gasteiger charge is 2.13. The van der Waals surface area contributed by atoms with E-state index in [0.29, 0.717) is 12.3 Å². The van der Waals surface area contributed by atoms with Crippen LogP contribution in [0, 0.1) is 19.8 Å². The third-order valence-electron chi connectivity index (χ3n) is 3.26. The number of pyridine rings is 1. The summed E-state index contributed by atoms with van der Waals surface area (Å²) in [6.07, 6.45) is 3.98. The van der Waals surface area contributed by atoms with E-state index >= 15 is 0 Å². The average molecular weight is 251 g/mol. The van der Waals surface area contributed by atoms with E-state index in [-0.39, 0.29) is 6.10 Å². The van der Waals surface area contributed by atoms with Gasteiger partial charge in [0.05, 0.1) is 13.2 Å². The first-order chi connectivity index (χ1) is 8.45. The predicted molar refractivity (Wildman–Crippen MR) is 74.0 cm³/mol. The first kappa shape index (κ1) is 15.0. The Balaban J connectivity index is 2.73. The van der Waals surface area contributed by atoms with Crippen LogP contribution in [0.3, 0.4) is 0 Å². The molecular formula is C15H25NO2. The molecule has 0 aromatic carbocycles. The number of rotatable bonds is 6. The Morgan fingerprint density at radius 1 is 1.28 bits per heavy atom. The van der Waals surface area contributed by atoms with E-state index in [0.717, 1.165) is 35.4 Å². The number of methoxy groups -OCH3 is 1. The van der Waals surface area contributed by atoms with Gasteiger partial charge in [0.1, 0.15) is 5.75 Å². The molecule has 18 heavy (non-hydrogen) atoms. The van der Waals surface area contributed by atoms with Gasteiger partial charge in [0.15, 0.2) is 0 Å². The summed E-state index contributed by atoms with van der Waals surface area (Å²) < 4.78 is 5.37. The molecule has 1 atom stereocenters. The lowest BCUT2D eigenvalue weighted by atomic mass is 10.00. The average Bonchev–Trinajstić information content (AvgIpc) is 2.31. The van der Waals surface area contributed by atoms with E-state index < -0.39 is 0 Å². The monoisotopic (exact) mass is 251 g/mol. The van der Waals surface area contributed by atoms with Crippen LogP contribution in [0.15, 0.2) is 6.20 Å². The van der Waals surface area contributed by atoms with E-state index in [1.165, 1.54) is 0 Å². The van der Waals surface area contributed by atoms with Gasteiger partial charge in [0, 0.05) is 29.4 Å². The number of aromatic nitrogens is 1. The third kappa shape index (κ3) is 3.98. The first-order valence-electron chi connectivity index (χ1n) is 6.62. The van der Waals surface area contributed by atoms with E-state index in [9.17, 15) is 5.11 Å². The molecule has 0 spiro atoms. The molecule has 0 aliphatic rings. The summed E-state index contributed by atoms with van der Waals surface area (Å²) >= 11 is 0. The molecule has 1 rings (SSSR count). The smallest absolute Gasteiger partial charge is 0.128 e. The molecule has 1 aromatic heterocycles. The number of aliphatic hydroxyl groups is 1. The van der Waals surface area contributed by atoms with Crippen molar-refractivity contribution in [2.75, 3.05) is 7.11 Å². The Bertz CT molecular complexity index is 388. The second-order valence-electron chi connectivity index (χ2n) is 5.38. The number of nitrogens with zero attached hydrogens (tertiary/aromatic N) is 1. The lowest BCUT2D eigenvalue weighted by Gasteiger charge is -2.15. The molecule has 1 N–H and O–H groups in total. The van der Waals surface area contributed by atoms with Crippen LogP contribution in [0.25, 0.3) is 0 Å². The number of hydrogen-bond donors (Lipinski definition) is 1. The molecule has 102 valence electrons. The standard InChI is InChI=1S/C15H25NO2/c1-10(2)6-7-13(17)8-14-12(4)15(18-5)11(3)9-16-14/h9-10,13,17H,6-8H2,1-5H3. The van der Waals surface area contributed by atoms with E-state index in [2.05, 4.69) is 18.8 Å². The van der Waals surface area contributed by atoms with Crippen molar-refractivity contribution in [2.45, 2.75) is 53.1 Å². The number of aliphatic hydroxyl groups excluding tert-OH is 1. The molecule has 1 heterocycles. The Morgan fingerprint density at radius 2 is 1.94 bits per heavy atom. The fourth-order valence-corrected chi connectivity index (χ4v) is 2.13. The molecule has 0 aliphatic heterocycles. The number of ether oxygens (including phenoxy) is 1. The van der Waals surface area contributed by atoms with Gasteiger partial charge in [0.2, 0.25) is 0 Å². The minimum atomic E-state index is -0.314. The zero-order valence-electron chi connectivity index (χ0n) is 12.2. The van der Waals surface area contributed by atoms with Gasteiger partial charge in [-0.1, -0.05) is 13.8 Å². The van der Waals surface area contributed by atoms with Gasteiger partial charge in [-0.3, -0.25) is 4.98 Å². The van der Waals surface area contributed by atoms with Gasteiger partial charge in [-0.25, -0.2) is 0 Å². The molecule has 0 amide bonds. The highest BCUT2D eigenvalue weighted by Crippen LogP contribution is 2.25. The largest absolute Gasteiger partial charge is 0.496 e. The maximum absolute atomic E-state index is 10.0. The van der Waals surface area contributed by atoms with Crippen molar-refractivity contribution in [1.29, 1.82) is 0 Å². The molecule has 0 saturated carbocycles. The van der Waals surface area contributed by atoms with Crippen molar-refractivity contribution in [2.24, 2.45) is 5.92 Å². The minimum Gasteiger partial charge on any atom is -0.496 e. The van der Waals surface area contributed by atoms with Gasteiger partial charge in [0.25, 0.3) is 0 Å². The predicted octanol–water partition coefficient (Wildman–Crippen LogP) is 3.05. The molecular weight excluding hydrogens is 226 g/mol. The van der Waals surface area contributed by atoms with Crippen LogP contribution < -0.4 is 4.74 Å². The molecule has 3 heteroatoms. The van der Waals surface area contributed by atoms with Crippen LogP contribution in [0.1, 0.15) is 43.5 Å². The van der Waals surface area contributed by atoms with Crippen molar-refractivity contribution in [1.82, 2.24) is 4.98 Å². The van der Waals surface area contributed by atoms with Gasteiger partial charge < -0.3 is 9.84 Å². The summed E-state index contributed by atoms with van der Waals surface area (Å²) in [5.74, 6) is 1.51. The highest BCUT2D eigenvalue weighted by atomic mass is 16.5. The van der Waals surface area contributed by atoms with Crippen LogP contribution in [-0.2, 0) is 6.42 Å². The number of hydrogen-bond acceptors (Lipinski definition) is 3. The Kier molecular flexibility index (Phi) is 5.60. The van der Waals surface area contributed by atoms with Gasteiger partial charge >= 0.3 is 0 Å². The highest BCUT2D eigenvalue weighted by molar-refractivity contribution is 5.41. The topological polar surface area (TPSA) is 42.4 Å². The quantitative estimate of drug-likeness (QED) is 0.845. The van der Waals surface area contributed by atoms with Crippen molar-refractivity contribution < 1.29 is 9.84 Å². The van der Waals surface area contributed by atoms with Crippen LogP contribution in [0.5, 0.6) is 5.75 Å². The van der Waals surface area contributed by atoms with Crippen molar-refractivity contribution >= 4 is 0 Å². The zero-order chi connectivity index (χ0) is 13.7. The lowest BCUT2D eigenvalue weighted by Crippen LogP contribution is -2.14. The Labute approximate surface area is 110 Å². The molecule has 0 radical (unpaired) electrons. The second kappa shape index (κ2) is 6.74. The van der Waals surface area contributed by atoms with Crippen molar-refractivity contribution in [3.8, 4) is 5.75 Å². The first-order valence-corrected chi connectivity index (χ1v) is 6.62. The molecule has 0 saturated heterocycles. The fraction of sp³-hybridized carbons (Fsp3) is 0.667. The molecule has 1 unspecified atom stereocenters. The number of aryl methyl sites for hydroxylation is 1. The molecule has 0 fully saturated rings.